The van der Waals surface area contributed by atoms with E-state index in [0.717, 1.165) is 30.8 Å². The number of rotatable bonds is 4. The van der Waals surface area contributed by atoms with E-state index in [1.165, 1.54) is 17.5 Å². The largest absolute Gasteiger partial charge is 0.353 e. The van der Waals surface area contributed by atoms with Gasteiger partial charge in [-0.05, 0) is 49.4 Å². The Hall–Kier alpha value is -2.70. The van der Waals surface area contributed by atoms with Gasteiger partial charge in [-0.2, -0.15) is 0 Å². The fourth-order valence-corrected chi connectivity index (χ4v) is 4.21. The summed E-state index contributed by atoms with van der Waals surface area (Å²) in [7, 11) is 0. The third-order valence-electron chi connectivity index (χ3n) is 4.85. The van der Waals surface area contributed by atoms with Gasteiger partial charge in [0.2, 0.25) is 0 Å². The van der Waals surface area contributed by atoms with E-state index in [9.17, 15) is 4.79 Å². The average molecular weight is 424 g/mol. The van der Waals surface area contributed by atoms with Gasteiger partial charge >= 0.3 is 0 Å². The summed E-state index contributed by atoms with van der Waals surface area (Å²) in [5, 5.41) is 5.22. The zero-order chi connectivity index (χ0) is 20.2. The van der Waals surface area contributed by atoms with Crippen LogP contribution in [0.15, 0.2) is 59.0 Å². The van der Waals surface area contributed by atoms with Crippen molar-refractivity contribution in [3.63, 3.8) is 0 Å². The van der Waals surface area contributed by atoms with Gasteiger partial charge in [0.25, 0.3) is 5.91 Å². The van der Waals surface area contributed by atoms with Crippen LogP contribution in [0.25, 0.3) is 0 Å². The highest BCUT2D eigenvalue weighted by atomic mass is 35.5. The molecule has 1 saturated heterocycles. The molecule has 2 aromatic heterocycles. The summed E-state index contributed by atoms with van der Waals surface area (Å²) in [4.78, 5) is 24.8. The van der Waals surface area contributed by atoms with Crippen molar-refractivity contribution in [2.75, 3.05) is 11.9 Å². The number of carbonyl (C=O) groups excluding carboxylic acids is 1. The Balaban J connectivity index is 1.66. The molecule has 1 fully saturated rings. The predicted octanol–water partition coefficient (Wildman–Crippen LogP) is 5.41. The van der Waals surface area contributed by atoms with Gasteiger partial charge in [-0.15, -0.1) is 11.3 Å². The molecule has 3 heterocycles. The Kier molecular flexibility index (Phi) is 5.92. The van der Waals surface area contributed by atoms with Crippen molar-refractivity contribution < 1.29 is 4.79 Å². The molecule has 1 radical (unpaired) electrons. The topological polar surface area (TPSA) is 57.6 Å². The minimum Gasteiger partial charge on any atom is -0.353 e. The molecular formula is C22H20ClN4OS. The molecule has 0 aliphatic carbocycles. The summed E-state index contributed by atoms with van der Waals surface area (Å²) >= 11 is 7.23. The monoisotopic (exact) mass is 423 g/mol. The number of nitrogens with zero attached hydrogens (tertiary/aromatic N) is 3. The van der Waals surface area contributed by atoms with Crippen molar-refractivity contribution in [3.8, 4) is 0 Å². The van der Waals surface area contributed by atoms with Crippen molar-refractivity contribution in [2.45, 2.75) is 25.8 Å². The molecule has 0 bridgehead atoms. The predicted molar refractivity (Wildman–Crippen MR) is 118 cm³/mol. The van der Waals surface area contributed by atoms with Gasteiger partial charge in [0.1, 0.15) is 16.5 Å². The smallest absolute Gasteiger partial charge is 0.269 e. The van der Waals surface area contributed by atoms with Crippen LogP contribution in [0.1, 0.15) is 35.0 Å². The van der Waals surface area contributed by atoms with Gasteiger partial charge in [0.15, 0.2) is 0 Å². The van der Waals surface area contributed by atoms with E-state index in [2.05, 4.69) is 28.2 Å². The lowest BCUT2D eigenvalue weighted by atomic mass is 10.1. The Morgan fingerprint density at radius 1 is 1.31 bits per heavy atom. The van der Waals surface area contributed by atoms with E-state index in [1.54, 1.807) is 12.1 Å². The number of amidine groups is 1. The van der Waals surface area contributed by atoms with E-state index in [4.69, 9.17) is 16.6 Å². The fraction of sp³-hybridized carbons (Fsp3) is 0.227. The number of hydrogen-bond acceptors (Lipinski definition) is 4. The normalized spacial score (nSPS) is 16.8. The summed E-state index contributed by atoms with van der Waals surface area (Å²) in [6.07, 6.45) is 3.78. The van der Waals surface area contributed by atoms with Gasteiger partial charge in [-0.3, -0.25) is 4.79 Å². The lowest BCUT2D eigenvalue weighted by Crippen LogP contribution is -2.34. The molecule has 1 aliphatic heterocycles. The molecule has 1 aromatic carbocycles. The zero-order valence-corrected chi connectivity index (χ0v) is 17.5. The molecule has 29 heavy (non-hydrogen) atoms. The van der Waals surface area contributed by atoms with Crippen LogP contribution in [0, 0.1) is 6.07 Å². The van der Waals surface area contributed by atoms with Crippen LogP contribution < -0.4 is 5.32 Å². The number of aromatic nitrogens is 1. The lowest BCUT2D eigenvalue weighted by Gasteiger charge is -2.25. The number of hydrogen-bond donors (Lipinski definition) is 1. The van der Waals surface area contributed by atoms with Crippen LogP contribution in [0.4, 0.5) is 11.5 Å². The number of aliphatic imine (C=N–C) groups is 1. The first-order valence-corrected chi connectivity index (χ1v) is 10.7. The van der Waals surface area contributed by atoms with Crippen LogP contribution in [0.3, 0.4) is 0 Å². The third kappa shape index (κ3) is 4.49. The SMILES string of the molecule is CC1CCCN1C(=Nc1ccsc1C(=O)Nc1ccc(Cl)cn1)c1cc[c]cc1. The second kappa shape index (κ2) is 8.76. The standard InChI is InChI=1S/C22H20ClN4OS/c1-15-6-5-12-27(15)21(16-7-3-2-4-8-16)25-18-11-13-29-20(18)22(28)26-19-10-9-17(23)14-24-19/h3-4,7-11,13-15H,5-6,12H2,1H3,(H,24,26,28). The Labute approximate surface area is 179 Å². The third-order valence-corrected chi connectivity index (χ3v) is 5.97. The van der Waals surface area contributed by atoms with Crippen molar-refractivity contribution in [3.05, 3.63) is 75.6 Å². The molecule has 1 unspecified atom stereocenters. The van der Waals surface area contributed by atoms with Crippen LogP contribution in [0.2, 0.25) is 5.02 Å². The highest BCUT2D eigenvalue weighted by Gasteiger charge is 2.25. The van der Waals surface area contributed by atoms with E-state index >= 15 is 0 Å². The lowest BCUT2D eigenvalue weighted by molar-refractivity contribution is 0.103. The summed E-state index contributed by atoms with van der Waals surface area (Å²) in [5.41, 5.74) is 1.68. The van der Waals surface area contributed by atoms with Crippen LogP contribution >= 0.6 is 22.9 Å². The second-order valence-electron chi connectivity index (χ2n) is 6.86. The Bertz CT molecular complexity index is 1020. The molecule has 1 atom stereocenters. The van der Waals surface area contributed by atoms with E-state index in [-0.39, 0.29) is 5.91 Å². The number of likely N-dealkylation sites (tertiary alicyclic amines) is 1. The summed E-state index contributed by atoms with van der Waals surface area (Å²) < 4.78 is 0. The van der Waals surface area contributed by atoms with E-state index < -0.39 is 0 Å². The van der Waals surface area contributed by atoms with Gasteiger partial charge in [0, 0.05) is 24.3 Å². The first-order valence-electron chi connectivity index (χ1n) is 9.44. The number of halogens is 1. The molecule has 5 nitrogen and oxygen atoms in total. The molecular weight excluding hydrogens is 404 g/mol. The van der Waals surface area contributed by atoms with Crippen molar-refractivity contribution in [1.29, 1.82) is 0 Å². The molecule has 1 aliphatic rings. The maximum atomic E-state index is 12.8. The van der Waals surface area contributed by atoms with Crippen LogP contribution in [0.5, 0.6) is 0 Å². The minimum absolute atomic E-state index is 0.233. The number of anilines is 1. The highest BCUT2D eigenvalue weighted by molar-refractivity contribution is 7.12. The summed E-state index contributed by atoms with van der Waals surface area (Å²) in [6, 6.07) is 16.5. The van der Waals surface area contributed by atoms with Crippen molar-refractivity contribution in [1.82, 2.24) is 9.88 Å². The van der Waals surface area contributed by atoms with E-state index in [1.807, 2.05) is 35.7 Å². The van der Waals surface area contributed by atoms with Crippen LogP contribution in [-0.2, 0) is 0 Å². The van der Waals surface area contributed by atoms with Gasteiger partial charge in [0.05, 0.1) is 10.7 Å². The minimum atomic E-state index is -0.233. The molecule has 147 valence electrons. The quantitative estimate of drug-likeness (QED) is 0.450. The average Bonchev–Trinajstić information content (AvgIpc) is 3.37. The number of benzene rings is 1. The van der Waals surface area contributed by atoms with Gasteiger partial charge in [-0.25, -0.2) is 9.98 Å². The second-order valence-corrected chi connectivity index (χ2v) is 8.21. The van der Waals surface area contributed by atoms with E-state index in [0.29, 0.717) is 27.4 Å². The highest BCUT2D eigenvalue weighted by Crippen LogP contribution is 2.29. The molecule has 0 spiro atoms. The summed E-state index contributed by atoms with van der Waals surface area (Å²) in [6.45, 7) is 3.17. The molecule has 0 saturated carbocycles. The molecule has 7 heteroatoms. The Morgan fingerprint density at radius 3 is 2.83 bits per heavy atom. The van der Waals surface area contributed by atoms with Gasteiger partial charge in [-0.1, -0.05) is 35.9 Å². The molecule has 4 rings (SSSR count). The number of carbonyl (C=O) groups is 1. The first-order chi connectivity index (χ1) is 14.1. The maximum Gasteiger partial charge on any atom is 0.269 e. The van der Waals surface area contributed by atoms with Gasteiger partial charge < -0.3 is 10.2 Å². The Morgan fingerprint density at radius 2 is 2.14 bits per heavy atom. The number of nitrogens with one attached hydrogen (secondary N) is 1. The zero-order valence-electron chi connectivity index (χ0n) is 15.9. The van der Waals surface area contributed by atoms with Crippen LogP contribution in [-0.4, -0.2) is 34.2 Å². The molecule has 1 amide bonds. The number of amides is 1. The fourth-order valence-electron chi connectivity index (χ4n) is 3.38. The number of thiophene rings is 1. The maximum absolute atomic E-state index is 12.8. The molecule has 1 N–H and O–H groups in total. The summed E-state index contributed by atoms with van der Waals surface area (Å²) in [5.74, 6) is 1.11. The molecule has 3 aromatic rings. The first kappa shape index (κ1) is 19.6. The van der Waals surface area contributed by atoms with Crippen molar-refractivity contribution >= 4 is 46.2 Å². The van der Waals surface area contributed by atoms with Crippen molar-refractivity contribution in [2.24, 2.45) is 4.99 Å². The number of pyridine rings is 1.